The summed E-state index contributed by atoms with van der Waals surface area (Å²) >= 11 is 0. The quantitative estimate of drug-likeness (QED) is 0.115. The molecule has 1 unspecified atom stereocenters. The lowest BCUT2D eigenvalue weighted by Gasteiger charge is -2.15. The Morgan fingerprint density at radius 3 is 2.44 bits per heavy atom. The summed E-state index contributed by atoms with van der Waals surface area (Å²) in [5.74, 6) is 0.581. The van der Waals surface area contributed by atoms with Gasteiger partial charge in [-0.15, -0.1) is 0 Å². The molecule has 0 aliphatic carbocycles. The molecule has 0 saturated carbocycles. The number of aromatic nitrogens is 1. The highest BCUT2D eigenvalue weighted by molar-refractivity contribution is 5.91. The lowest BCUT2D eigenvalue weighted by molar-refractivity contribution is 0.176. The normalized spacial score (nSPS) is 11.2. The molecule has 0 spiro atoms. The van der Waals surface area contributed by atoms with E-state index in [2.05, 4.69) is 15.6 Å². The molecule has 1 heterocycles. The van der Waals surface area contributed by atoms with Gasteiger partial charge in [0.2, 0.25) is 5.56 Å². The van der Waals surface area contributed by atoms with Crippen molar-refractivity contribution in [2.75, 3.05) is 25.0 Å². The summed E-state index contributed by atoms with van der Waals surface area (Å²) in [7, 11) is 0. The number of carbonyl (C=O) groups is 1. The fourth-order valence-corrected chi connectivity index (χ4v) is 4.50. The van der Waals surface area contributed by atoms with Gasteiger partial charge >= 0.3 is 6.09 Å². The Morgan fingerprint density at radius 1 is 0.927 bits per heavy atom. The largest absolute Gasteiger partial charge is 0.506 e. The first-order valence-electron chi connectivity index (χ1n) is 13.0. The summed E-state index contributed by atoms with van der Waals surface area (Å²) in [5.41, 5.74) is 2.84. The number of aliphatic hydroxyl groups excluding tert-OH is 1. The van der Waals surface area contributed by atoms with Gasteiger partial charge in [0.05, 0.1) is 23.9 Å². The highest BCUT2D eigenvalue weighted by atomic mass is 19.0. The number of amides is 1. The molecule has 220 valence electrons. The number of nitrogens with one attached hydrogen (secondary N) is 3. The molecule has 41 heavy (non-hydrogen) atoms. The van der Waals surface area contributed by atoms with E-state index >= 15 is 0 Å². The number of hydrogen-bond donors (Lipinski definition) is 6. The number of phenolic OH excluding ortho intramolecular Hbond substituents is 1. The second kappa shape index (κ2) is 15.9. The van der Waals surface area contributed by atoms with Crippen LogP contribution in [0.5, 0.6) is 11.5 Å². The molecule has 4 rings (SSSR count). The standard InChI is InChI=1S/C30H33N3O6.2FH/c34-26-14-12-23(24-13-15-28(36)33-29(24)26)27(35)19-31-16-6-1-2-7-17-39-21-10-11-22(20-8-4-3-5-9-20)25(18-21)32-30(37)38;;/h3-5,8-15,18,27,31-32,34-35H,1-2,6-7,16-17,19H2,(H,33,36)(H,37,38);2*1H. The van der Waals surface area contributed by atoms with Gasteiger partial charge in [0.15, 0.2) is 0 Å². The van der Waals surface area contributed by atoms with Gasteiger partial charge in [-0.05, 0) is 54.8 Å². The van der Waals surface area contributed by atoms with Crippen LogP contribution in [0.15, 0.2) is 77.6 Å². The van der Waals surface area contributed by atoms with Crippen molar-refractivity contribution in [3.8, 4) is 22.6 Å². The van der Waals surface area contributed by atoms with E-state index in [0.29, 0.717) is 41.1 Å². The van der Waals surface area contributed by atoms with Gasteiger partial charge in [0.1, 0.15) is 11.5 Å². The number of pyridine rings is 1. The maximum Gasteiger partial charge on any atom is 0.409 e. The van der Waals surface area contributed by atoms with Crippen LogP contribution in [0.4, 0.5) is 19.9 Å². The molecular weight excluding hydrogens is 536 g/mol. The minimum atomic E-state index is -1.13. The zero-order valence-electron chi connectivity index (χ0n) is 22.3. The van der Waals surface area contributed by atoms with Crippen molar-refractivity contribution in [2.24, 2.45) is 0 Å². The minimum Gasteiger partial charge on any atom is -0.506 e. The summed E-state index contributed by atoms with van der Waals surface area (Å²) in [4.78, 5) is 25.4. The third-order valence-corrected chi connectivity index (χ3v) is 6.44. The van der Waals surface area contributed by atoms with E-state index in [1.807, 2.05) is 42.5 Å². The number of phenols is 1. The van der Waals surface area contributed by atoms with Crippen LogP contribution in [-0.2, 0) is 0 Å². The van der Waals surface area contributed by atoms with Crippen LogP contribution < -0.4 is 20.9 Å². The molecule has 0 bridgehead atoms. The first-order valence-corrected chi connectivity index (χ1v) is 13.0. The van der Waals surface area contributed by atoms with Crippen LogP contribution in [-0.4, -0.2) is 46.1 Å². The van der Waals surface area contributed by atoms with Gasteiger partial charge in [0.25, 0.3) is 0 Å². The molecule has 0 radical (unpaired) electrons. The predicted octanol–water partition coefficient (Wildman–Crippen LogP) is 5.56. The molecule has 3 aromatic carbocycles. The molecule has 0 saturated heterocycles. The van der Waals surface area contributed by atoms with Gasteiger partial charge in [-0.2, -0.15) is 0 Å². The fraction of sp³-hybridized carbons (Fsp3) is 0.267. The van der Waals surface area contributed by atoms with Crippen LogP contribution in [0.3, 0.4) is 0 Å². The number of carboxylic acid groups (broad SMARTS) is 1. The molecule has 1 atom stereocenters. The highest BCUT2D eigenvalue weighted by Gasteiger charge is 2.14. The monoisotopic (exact) mass is 571 g/mol. The lowest BCUT2D eigenvalue weighted by atomic mass is 10.0. The number of aliphatic hydroxyl groups is 1. The van der Waals surface area contributed by atoms with Crippen LogP contribution in [0, 0.1) is 0 Å². The van der Waals surface area contributed by atoms with Gasteiger partial charge < -0.3 is 30.4 Å². The van der Waals surface area contributed by atoms with Crippen molar-refractivity contribution in [2.45, 2.75) is 31.8 Å². The van der Waals surface area contributed by atoms with Gasteiger partial charge in [0, 0.05) is 29.6 Å². The third kappa shape index (κ3) is 9.02. The Balaban J connectivity index is 0.00000294. The van der Waals surface area contributed by atoms with E-state index in [-0.39, 0.29) is 20.7 Å². The zero-order chi connectivity index (χ0) is 27.6. The van der Waals surface area contributed by atoms with Crippen molar-refractivity contribution < 1.29 is 34.3 Å². The second-order valence-electron chi connectivity index (χ2n) is 9.27. The van der Waals surface area contributed by atoms with E-state index < -0.39 is 12.2 Å². The molecular formula is C30H35F2N3O6. The number of aromatic amines is 1. The summed E-state index contributed by atoms with van der Waals surface area (Å²) in [6.07, 6.45) is 1.87. The number of rotatable bonds is 13. The number of H-pyrrole nitrogens is 1. The van der Waals surface area contributed by atoms with E-state index in [1.54, 1.807) is 18.2 Å². The smallest absolute Gasteiger partial charge is 0.409 e. The van der Waals surface area contributed by atoms with E-state index in [0.717, 1.165) is 43.4 Å². The molecule has 0 fully saturated rings. The maximum atomic E-state index is 11.6. The number of anilines is 1. The van der Waals surface area contributed by atoms with Crippen molar-refractivity contribution in [3.05, 3.63) is 88.7 Å². The average Bonchev–Trinajstić information content (AvgIpc) is 2.93. The lowest BCUT2D eigenvalue weighted by Crippen LogP contribution is -2.22. The molecule has 0 aliphatic heterocycles. The molecule has 11 heteroatoms. The zero-order valence-corrected chi connectivity index (χ0v) is 22.3. The van der Waals surface area contributed by atoms with Crippen LogP contribution in [0.25, 0.3) is 22.0 Å². The summed E-state index contributed by atoms with van der Waals surface area (Å²) in [6.45, 7) is 1.63. The number of benzene rings is 3. The second-order valence-corrected chi connectivity index (χ2v) is 9.27. The average molecular weight is 572 g/mol. The number of unbranched alkanes of at least 4 members (excludes halogenated alkanes) is 3. The first kappa shape index (κ1) is 32.7. The Labute approximate surface area is 235 Å². The van der Waals surface area contributed by atoms with Crippen LogP contribution in [0.2, 0.25) is 0 Å². The van der Waals surface area contributed by atoms with E-state index in [1.165, 1.54) is 12.1 Å². The molecule has 4 aromatic rings. The topological polar surface area (TPSA) is 144 Å². The third-order valence-electron chi connectivity index (χ3n) is 6.44. The fourth-order valence-electron chi connectivity index (χ4n) is 4.50. The van der Waals surface area contributed by atoms with Gasteiger partial charge in [-0.25, -0.2) is 4.79 Å². The predicted molar refractivity (Wildman–Crippen MR) is 157 cm³/mol. The van der Waals surface area contributed by atoms with Gasteiger partial charge in [-0.3, -0.25) is 19.5 Å². The minimum absolute atomic E-state index is 0. The van der Waals surface area contributed by atoms with Crippen molar-refractivity contribution in [1.82, 2.24) is 10.3 Å². The summed E-state index contributed by atoms with van der Waals surface area (Å²) < 4.78 is 5.86. The highest BCUT2D eigenvalue weighted by Crippen LogP contribution is 2.32. The maximum absolute atomic E-state index is 11.6. The van der Waals surface area contributed by atoms with Crippen molar-refractivity contribution >= 4 is 22.7 Å². The number of fused-ring (bicyclic) bond motifs is 1. The number of aromatic hydroxyl groups is 1. The van der Waals surface area contributed by atoms with Gasteiger partial charge in [-0.1, -0.05) is 49.2 Å². The Kier molecular flexibility index (Phi) is 12.7. The van der Waals surface area contributed by atoms with Crippen LogP contribution >= 0.6 is 0 Å². The molecule has 6 N–H and O–H groups in total. The Morgan fingerprint density at radius 2 is 1.68 bits per heavy atom. The molecule has 1 amide bonds. The molecule has 9 nitrogen and oxygen atoms in total. The van der Waals surface area contributed by atoms with Crippen LogP contribution in [0.1, 0.15) is 37.4 Å². The molecule has 1 aromatic heterocycles. The SMILES string of the molecule is F.F.O=C(O)Nc1cc(OCCCCCCNCC(O)c2ccc(O)c3[nH]c(=O)ccc23)ccc1-c1ccccc1. The summed E-state index contributed by atoms with van der Waals surface area (Å²) in [6, 6.07) is 21.1. The summed E-state index contributed by atoms with van der Waals surface area (Å²) in [5, 5.41) is 36.2. The number of hydrogen-bond acceptors (Lipinski definition) is 6. The van der Waals surface area contributed by atoms with E-state index in [4.69, 9.17) is 4.74 Å². The Hall–Kier alpha value is -4.48. The number of halogens is 2. The van der Waals surface area contributed by atoms with E-state index in [9.17, 15) is 24.9 Å². The van der Waals surface area contributed by atoms with Crippen molar-refractivity contribution in [1.29, 1.82) is 0 Å². The molecule has 0 aliphatic rings. The van der Waals surface area contributed by atoms with Crippen molar-refractivity contribution in [3.63, 3.8) is 0 Å². The number of ether oxygens (including phenoxy) is 1. The first-order chi connectivity index (χ1) is 18.9. The Bertz CT molecular complexity index is 1470.